The summed E-state index contributed by atoms with van der Waals surface area (Å²) in [5.41, 5.74) is 0.754. The van der Waals surface area contributed by atoms with Crippen LogP contribution in [-0.4, -0.2) is 45.3 Å². The molecule has 1 heterocycles. The lowest BCUT2D eigenvalue weighted by Gasteiger charge is -2.43. The largest absolute Gasteiger partial charge is 0.493 e. The van der Waals surface area contributed by atoms with Gasteiger partial charge in [0.05, 0.1) is 14.2 Å². The Hall–Kier alpha value is -0.750. The van der Waals surface area contributed by atoms with Crippen LogP contribution in [0, 0.1) is 11.7 Å². The number of halogens is 3. The van der Waals surface area contributed by atoms with Gasteiger partial charge in [0, 0.05) is 43.9 Å². The number of rotatable bonds is 5. The minimum Gasteiger partial charge on any atom is -0.493 e. The Kier molecular flexibility index (Phi) is 8.57. The fraction of sp³-hybridized carbons (Fsp3) is 0.647. The summed E-state index contributed by atoms with van der Waals surface area (Å²) in [5.74, 6) is 1.42. The first-order chi connectivity index (χ1) is 10.7. The third kappa shape index (κ3) is 4.26. The molecular weight excluding hydrogens is 354 g/mol. The van der Waals surface area contributed by atoms with Crippen LogP contribution in [0.1, 0.15) is 30.9 Å². The number of hydrogen-bond donors (Lipinski definition) is 1. The number of methoxy groups -OCH3 is 2. The maximum Gasteiger partial charge on any atom is 0.163 e. The minimum atomic E-state index is -0.187. The van der Waals surface area contributed by atoms with Gasteiger partial charge in [0.2, 0.25) is 0 Å². The molecule has 1 N–H and O–H groups in total. The van der Waals surface area contributed by atoms with E-state index in [-0.39, 0.29) is 36.7 Å². The Balaban J connectivity index is 0.00000144. The summed E-state index contributed by atoms with van der Waals surface area (Å²) in [5, 5.41) is 3.37. The molecule has 1 saturated carbocycles. The highest BCUT2D eigenvalue weighted by molar-refractivity contribution is 5.85. The van der Waals surface area contributed by atoms with E-state index in [1.165, 1.54) is 32.4 Å². The third-order valence-electron chi connectivity index (χ3n) is 4.96. The van der Waals surface area contributed by atoms with Crippen LogP contribution >= 0.6 is 24.8 Å². The van der Waals surface area contributed by atoms with Crippen LogP contribution in [-0.2, 0) is 0 Å². The summed E-state index contributed by atoms with van der Waals surface area (Å²) in [6, 6.07) is 3.44. The van der Waals surface area contributed by atoms with E-state index in [1.807, 2.05) is 6.07 Å². The molecule has 1 aromatic rings. The minimum absolute atomic E-state index is 0. The maximum atomic E-state index is 14.7. The lowest BCUT2D eigenvalue weighted by Crippen LogP contribution is -2.48. The number of hydrogen-bond acceptors (Lipinski definition) is 4. The fourth-order valence-corrected chi connectivity index (χ4v) is 3.56. The molecule has 24 heavy (non-hydrogen) atoms. The molecular formula is C17H27Cl2FN2O2. The van der Waals surface area contributed by atoms with Crippen molar-refractivity contribution >= 4 is 24.8 Å². The Morgan fingerprint density at radius 3 is 2.17 bits per heavy atom. The Morgan fingerprint density at radius 1 is 1.08 bits per heavy atom. The lowest BCUT2D eigenvalue weighted by molar-refractivity contribution is 0.0809. The molecule has 1 aliphatic heterocycles. The van der Waals surface area contributed by atoms with Gasteiger partial charge in [0.15, 0.2) is 11.5 Å². The molecule has 4 nitrogen and oxygen atoms in total. The fourth-order valence-electron chi connectivity index (χ4n) is 3.56. The summed E-state index contributed by atoms with van der Waals surface area (Å²) >= 11 is 0. The number of piperazine rings is 1. The van der Waals surface area contributed by atoms with E-state index < -0.39 is 0 Å². The molecule has 1 aromatic carbocycles. The maximum absolute atomic E-state index is 14.7. The smallest absolute Gasteiger partial charge is 0.163 e. The lowest BCUT2D eigenvalue weighted by atomic mass is 9.76. The van der Waals surface area contributed by atoms with Gasteiger partial charge in [-0.1, -0.05) is 6.42 Å². The first-order valence-electron chi connectivity index (χ1n) is 8.10. The van der Waals surface area contributed by atoms with Gasteiger partial charge < -0.3 is 14.8 Å². The summed E-state index contributed by atoms with van der Waals surface area (Å²) in [4.78, 5) is 2.42. The van der Waals surface area contributed by atoms with Crippen molar-refractivity contribution in [2.75, 3.05) is 40.4 Å². The van der Waals surface area contributed by atoms with Gasteiger partial charge in [-0.25, -0.2) is 4.39 Å². The molecule has 1 saturated heterocycles. The van der Waals surface area contributed by atoms with Crippen molar-refractivity contribution in [2.45, 2.75) is 25.3 Å². The SMILES string of the molecule is COc1cc(F)c([C@H](C2CCC2)N2CCNCC2)cc1OC.Cl.Cl. The van der Waals surface area contributed by atoms with Crippen molar-refractivity contribution in [3.8, 4) is 11.5 Å². The topological polar surface area (TPSA) is 33.7 Å². The molecule has 3 rings (SSSR count). The summed E-state index contributed by atoms with van der Waals surface area (Å²) < 4.78 is 25.3. The van der Waals surface area contributed by atoms with E-state index in [4.69, 9.17) is 9.47 Å². The number of nitrogens with zero attached hydrogens (tertiary/aromatic N) is 1. The Labute approximate surface area is 155 Å². The van der Waals surface area contributed by atoms with Gasteiger partial charge in [-0.3, -0.25) is 4.90 Å². The molecule has 2 fully saturated rings. The predicted octanol–water partition coefficient (Wildman–Crippen LogP) is 3.43. The summed E-state index contributed by atoms with van der Waals surface area (Å²) in [7, 11) is 3.14. The summed E-state index contributed by atoms with van der Waals surface area (Å²) in [6.45, 7) is 3.88. The highest BCUT2D eigenvalue weighted by Gasteiger charge is 2.35. The quantitative estimate of drug-likeness (QED) is 0.848. The molecule has 0 unspecified atom stereocenters. The molecule has 0 radical (unpaired) electrons. The molecule has 0 bridgehead atoms. The van der Waals surface area contributed by atoms with Crippen molar-refractivity contribution in [3.63, 3.8) is 0 Å². The van der Waals surface area contributed by atoms with E-state index in [9.17, 15) is 4.39 Å². The first-order valence-corrected chi connectivity index (χ1v) is 8.10. The van der Waals surface area contributed by atoms with Gasteiger partial charge in [-0.05, 0) is 24.8 Å². The van der Waals surface area contributed by atoms with Crippen LogP contribution in [0.3, 0.4) is 0 Å². The van der Waals surface area contributed by atoms with E-state index in [2.05, 4.69) is 10.2 Å². The van der Waals surface area contributed by atoms with E-state index >= 15 is 0 Å². The van der Waals surface area contributed by atoms with E-state index in [0.717, 1.165) is 31.7 Å². The van der Waals surface area contributed by atoms with Gasteiger partial charge >= 0.3 is 0 Å². The van der Waals surface area contributed by atoms with Crippen LogP contribution < -0.4 is 14.8 Å². The molecule has 7 heteroatoms. The zero-order chi connectivity index (χ0) is 15.5. The van der Waals surface area contributed by atoms with E-state index in [0.29, 0.717) is 17.4 Å². The van der Waals surface area contributed by atoms with Crippen molar-refractivity contribution in [2.24, 2.45) is 5.92 Å². The standard InChI is InChI=1S/C17H25FN2O2.2ClH/c1-21-15-10-13(14(18)11-16(15)22-2)17(12-4-3-5-12)20-8-6-19-7-9-20;;/h10-12,17,19H,3-9H2,1-2H3;2*1H/t17-;;/m0../s1. The normalized spacial score (nSPS) is 19.5. The van der Waals surface area contributed by atoms with Crippen molar-refractivity contribution in [1.29, 1.82) is 0 Å². The molecule has 138 valence electrons. The van der Waals surface area contributed by atoms with Crippen LogP contribution in [0.15, 0.2) is 12.1 Å². The molecule has 1 atom stereocenters. The second kappa shape index (κ2) is 9.66. The van der Waals surface area contributed by atoms with Gasteiger partial charge in [0.1, 0.15) is 5.82 Å². The molecule has 0 spiro atoms. The average Bonchev–Trinajstić information content (AvgIpc) is 2.51. The molecule has 2 aliphatic rings. The highest BCUT2D eigenvalue weighted by Crippen LogP contribution is 2.44. The summed E-state index contributed by atoms with van der Waals surface area (Å²) in [6.07, 6.45) is 3.62. The number of benzene rings is 1. The second-order valence-electron chi connectivity index (χ2n) is 6.15. The highest BCUT2D eigenvalue weighted by atomic mass is 35.5. The molecule has 1 aliphatic carbocycles. The van der Waals surface area contributed by atoms with Crippen LogP contribution in [0.5, 0.6) is 11.5 Å². The number of ether oxygens (including phenoxy) is 2. The van der Waals surface area contributed by atoms with Gasteiger partial charge in [-0.2, -0.15) is 0 Å². The van der Waals surface area contributed by atoms with E-state index in [1.54, 1.807) is 7.11 Å². The van der Waals surface area contributed by atoms with Gasteiger partial charge in [-0.15, -0.1) is 24.8 Å². The number of nitrogens with one attached hydrogen (secondary N) is 1. The van der Waals surface area contributed by atoms with Crippen molar-refractivity contribution in [1.82, 2.24) is 10.2 Å². The zero-order valence-electron chi connectivity index (χ0n) is 14.2. The van der Waals surface area contributed by atoms with Crippen LogP contribution in [0.2, 0.25) is 0 Å². The molecule has 0 aromatic heterocycles. The second-order valence-corrected chi connectivity index (χ2v) is 6.15. The predicted molar refractivity (Wildman–Crippen MR) is 98.5 cm³/mol. The van der Waals surface area contributed by atoms with Crippen LogP contribution in [0.4, 0.5) is 4.39 Å². The van der Waals surface area contributed by atoms with Crippen LogP contribution in [0.25, 0.3) is 0 Å². The van der Waals surface area contributed by atoms with Crippen molar-refractivity contribution in [3.05, 3.63) is 23.5 Å². The average molecular weight is 381 g/mol. The first kappa shape index (κ1) is 21.3. The molecule has 0 amide bonds. The Morgan fingerprint density at radius 2 is 1.67 bits per heavy atom. The van der Waals surface area contributed by atoms with Crippen molar-refractivity contribution < 1.29 is 13.9 Å². The Bertz CT molecular complexity index is 524. The van der Waals surface area contributed by atoms with Gasteiger partial charge in [0.25, 0.3) is 0 Å². The third-order valence-corrected chi connectivity index (χ3v) is 4.96. The monoisotopic (exact) mass is 380 g/mol. The zero-order valence-corrected chi connectivity index (χ0v) is 15.9.